The molecule has 0 fully saturated rings. The molecular weight excluding hydrogens is 457 g/mol. The van der Waals surface area contributed by atoms with Gasteiger partial charge in [0.15, 0.2) is 0 Å². The molecule has 0 aromatic heterocycles. The Kier molecular flexibility index (Phi) is 8.05. The minimum Gasteiger partial charge on any atom is -0.496 e. The van der Waals surface area contributed by atoms with Gasteiger partial charge >= 0.3 is 0 Å². The predicted octanol–water partition coefficient (Wildman–Crippen LogP) is 2.45. The second-order valence-corrected chi connectivity index (χ2v) is 7.35. The highest BCUT2D eigenvalue weighted by atomic mass is 127. The van der Waals surface area contributed by atoms with Gasteiger partial charge in [0.2, 0.25) is 5.91 Å². The summed E-state index contributed by atoms with van der Waals surface area (Å²) in [6, 6.07) is 14.9. The number of nitrogens with zero attached hydrogens (tertiary/aromatic N) is 1. The van der Waals surface area contributed by atoms with Gasteiger partial charge in [-0.05, 0) is 54.9 Å². The number of carbonyl (C=O) groups excluding carboxylic acids is 2. The van der Waals surface area contributed by atoms with E-state index in [0.717, 1.165) is 14.9 Å². The van der Waals surface area contributed by atoms with Crippen LogP contribution in [0.15, 0.2) is 48.5 Å². The summed E-state index contributed by atoms with van der Waals surface area (Å²) in [7, 11) is 5.52. The van der Waals surface area contributed by atoms with Crippen molar-refractivity contribution in [1.29, 1.82) is 0 Å². The number of ether oxygens (including phenoxy) is 1. The van der Waals surface area contributed by atoms with E-state index in [0.29, 0.717) is 12.1 Å². The van der Waals surface area contributed by atoms with Gasteiger partial charge in [0.25, 0.3) is 5.91 Å². The van der Waals surface area contributed by atoms with E-state index in [9.17, 15) is 9.59 Å². The van der Waals surface area contributed by atoms with Crippen molar-refractivity contribution in [2.75, 3.05) is 34.3 Å². The number of nitrogens with one attached hydrogen (secondary N) is 2. The van der Waals surface area contributed by atoms with Gasteiger partial charge in [0.05, 0.1) is 25.3 Å². The summed E-state index contributed by atoms with van der Waals surface area (Å²) in [5, 5.41) is 5.54. The Labute approximate surface area is 173 Å². The average Bonchev–Trinajstić information content (AvgIpc) is 2.66. The van der Waals surface area contributed by atoms with Gasteiger partial charge in [-0.2, -0.15) is 0 Å². The molecule has 0 spiro atoms. The Bertz CT molecular complexity index is 796. The minimum atomic E-state index is -0.260. The standard InChI is InChI=1S/C20H24IN3O3/c1-24(2)17(15-9-5-7-11-18(15)27-3)12-22-19(25)13-23-20(26)14-8-4-6-10-16(14)21/h4-11,17H,12-13H2,1-3H3,(H,22,25)(H,23,26). The summed E-state index contributed by atoms with van der Waals surface area (Å²) >= 11 is 2.10. The van der Waals surface area contributed by atoms with Crippen LogP contribution in [0.2, 0.25) is 0 Å². The smallest absolute Gasteiger partial charge is 0.252 e. The number of methoxy groups -OCH3 is 1. The number of halogens is 1. The molecule has 0 aliphatic carbocycles. The molecule has 0 heterocycles. The monoisotopic (exact) mass is 481 g/mol. The first kappa shape index (κ1) is 21.2. The number of benzene rings is 2. The third-order valence-electron chi connectivity index (χ3n) is 4.14. The number of amides is 2. The maximum atomic E-state index is 12.2. The number of carbonyl (C=O) groups is 2. The molecule has 7 heteroatoms. The van der Waals surface area contributed by atoms with Crippen LogP contribution in [0.1, 0.15) is 22.0 Å². The zero-order valence-corrected chi connectivity index (χ0v) is 17.8. The van der Waals surface area contributed by atoms with Gasteiger partial charge in [-0.15, -0.1) is 0 Å². The van der Waals surface area contributed by atoms with E-state index in [1.54, 1.807) is 19.2 Å². The molecular formula is C20H24IN3O3. The second kappa shape index (κ2) is 10.3. The molecule has 0 bridgehead atoms. The summed E-state index contributed by atoms with van der Waals surface area (Å²) in [6.07, 6.45) is 0. The number of hydrogen-bond donors (Lipinski definition) is 2. The Morgan fingerprint density at radius 3 is 2.41 bits per heavy atom. The molecule has 0 aliphatic heterocycles. The van der Waals surface area contributed by atoms with Crippen molar-refractivity contribution >= 4 is 34.4 Å². The van der Waals surface area contributed by atoms with E-state index in [-0.39, 0.29) is 24.4 Å². The second-order valence-electron chi connectivity index (χ2n) is 6.19. The van der Waals surface area contributed by atoms with Crippen LogP contribution in [0, 0.1) is 3.57 Å². The van der Waals surface area contributed by atoms with E-state index < -0.39 is 0 Å². The Morgan fingerprint density at radius 1 is 1.07 bits per heavy atom. The fourth-order valence-electron chi connectivity index (χ4n) is 2.69. The molecule has 144 valence electrons. The predicted molar refractivity (Wildman–Crippen MR) is 114 cm³/mol. The first-order chi connectivity index (χ1) is 12.9. The van der Waals surface area contributed by atoms with Crippen molar-refractivity contribution in [2.45, 2.75) is 6.04 Å². The van der Waals surface area contributed by atoms with Crippen LogP contribution in [0.3, 0.4) is 0 Å². The van der Waals surface area contributed by atoms with Crippen LogP contribution in [-0.4, -0.2) is 51.0 Å². The van der Waals surface area contributed by atoms with E-state index in [1.165, 1.54) is 0 Å². The molecule has 2 aromatic carbocycles. The highest BCUT2D eigenvalue weighted by Crippen LogP contribution is 2.27. The SMILES string of the molecule is COc1ccccc1C(CNC(=O)CNC(=O)c1ccccc1I)N(C)C. The number of likely N-dealkylation sites (N-methyl/N-ethyl adjacent to an activating group) is 1. The Balaban J connectivity index is 1.93. The van der Waals surface area contributed by atoms with Gasteiger partial charge in [-0.25, -0.2) is 0 Å². The molecule has 2 rings (SSSR count). The maximum Gasteiger partial charge on any atom is 0.252 e. The van der Waals surface area contributed by atoms with Gasteiger partial charge in [0, 0.05) is 15.7 Å². The van der Waals surface area contributed by atoms with Crippen LogP contribution in [-0.2, 0) is 4.79 Å². The molecule has 6 nitrogen and oxygen atoms in total. The first-order valence-corrected chi connectivity index (χ1v) is 9.60. The van der Waals surface area contributed by atoms with Gasteiger partial charge < -0.3 is 20.3 Å². The molecule has 1 unspecified atom stereocenters. The molecule has 27 heavy (non-hydrogen) atoms. The largest absolute Gasteiger partial charge is 0.496 e. The molecule has 0 saturated heterocycles. The van der Waals surface area contributed by atoms with Crippen molar-refractivity contribution in [1.82, 2.24) is 15.5 Å². The molecule has 0 radical (unpaired) electrons. The summed E-state index contributed by atoms with van der Waals surface area (Å²) in [5.41, 5.74) is 1.55. The van der Waals surface area contributed by atoms with E-state index in [2.05, 4.69) is 33.2 Å². The Hall–Kier alpha value is -2.13. The van der Waals surface area contributed by atoms with Crippen molar-refractivity contribution in [2.24, 2.45) is 0 Å². The van der Waals surface area contributed by atoms with Crippen LogP contribution in [0.5, 0.6) is 5.75 Å². The summed E-state index contributed by atoms with van der Waals surface area (Å²) < 4.78 is 6.27. The summed E-state index contributed by atoms with van der Waals surface area (Å²) in [6.45, 7) is 0.334. The van der Waals surface area contributed by atoms with E-state index >= 15 is 0 Å². The summed E-state index contributed by atoms with van der Waals surface area (Å²) in [4.78, 5) is 26.4. The lowest BCUT2D eigenvalue weighted by molar-refractivity contribution is -0.120. The fraction of sp³-hybridized carbons (Fsp3) is 0.300. The zero-order valence-electron chi connectivity index (χ0n) is 15.7. The highest BCUT2D eigenvalue weighted by molar-refractivity contribution is 14.1. The van der Waals surface area contributed by atoms with E-state index in [1.807, 2.05) is 55.4 Å². The lowest BCUT2D eigenvalue weighted by Crippen LogP contribution is -2.40. The van der Waals surface area contributed by atoms with Crippen molar-refractivity contribution < 1.29 is 14.3 Å². The maximum absolute atomic E-state index is 12.2. The third-order valence-corrected chi connectivity index (χ3v) is 5.08. The van der Waals surface area contributed by atoms with Crippen molar-refractivity contribution in [3.05, 3.63) is 63.2 Å². The molecule has 0 aliphatic rings. The van der Waals surface area contributed by atoms with Crippen molar-refractivity contribution in [3.63, 3.8) is 0 Å². The molecule has 2 aromatic rings. The number of hydrogen-bond acceptors (Lipinski definition) is 4. The van der Waals surface area contributed by atoms with Crippen LogP contribution in [0.4, 0.5) is 0 Å². The topological polar surface area (TPSA) is 70.7 Å². The lowest BCUT2D eigenvalue weighted by atomic mass is 10.0. The fourth-order valence-corrected chi connectivity index (χ4v) is 3.32. The van der Waals surface area contributed by atoms with Crippen molar-refractivity contribution in [3.8, 4) is 5.75 Å². The van der Waals surface area contributed by atoms with Gasteiger partial charge in [0.1, 0.15) is 5.75 Å². The minimum absolute atomic E-state index is 0.0455. The van der Waals surface area contributed by atoms with Gasteiger partial charge in [-0.1, -0.05) is 30.3 Å². The molecule has 2 amide bonds. The first-order valence-electron chi connectivity index (χ1n) is 8.52. The molecule has 2 N–H and O–H groups in total. The Morgan fingerprint density at radius 2 is 1.74 bits per heavy atom. The molecule has 0 saturated carbocycles. The van der Waals surface area contributed by atoms with Crippen LogP contribution in [0.25, 0.3) is 0 Å². The van der Waals surface area contributed by atoms with Crippen LogP contribution < -0.4 is 15.4 Å². The summed E-state index contributed by atoms with van der Waals surface area (Å²) in [5.74, 6) is 0.275. The zero-order chi connectivity index (χ0) is 19.8. The van der Waals surface area contributed by atoms with Gasteiger partial charge in [-0.3, -0.25) is 9.59 Å². The number of para-hydroxylation sites is 1. The van der Waals surface area contributed by atoms with Crippen LogP contribution >= 0.6 is 22.6 Å². The molecule has 1 atom stereocenters. The van der Waals surface area contributed by atoms with E-state index in [4.69, 9.17) is 4.74 Å². The lowest BCUT2D eigenvalue weighted by Gasteiger charge is -2.26. The number of rotatable bonds is 8. The normalized spacial score (nSPS) is 11.7. The highest BCUT2D eigenvalue weighted by Gasteiger charge is 2.19. The third kappa shape index (κ3) is 5.93. The quantitative estimate of drug-likeness (QED) is 0.569. The average molecular weight is 481 g/mol.